The van der Waals surface area contributed by atoms with Gasteiger partial charge >= 0.3 is 6.03 Å². The highest BCUT2D eigenvalue weighted by molar-refractivity contribution is 6.17. The van der Waals surface area contributed by atoms with E-state index in [-0.39, 0.29) is 5.91 Å². The molecule has 1 aliphatic heterocycles. The monoisotopic (exact) mass is 257 g/mol. The average molecular weight is 257 g/mol. The van der Waals surface area contributed by atoms with Crippen molar-refractivity contribution >= 4 is 17.6 Å². The number of amides is 3. The lowest BCUT2D eigenvalue weighted by Gasteiger charge is -2.37. The highest BCUT2D eigenvalue weighted by atomic mass is 16.2. The first-order chi connectivity index (χ1) is 9.01. The number of carbonyl (C=O) groups excluding carboxylic acids is 2. The van der Waals surface area contributed by atoms with E-state index >= 15 is 0 Å². The van der Waals surface area contributed by atoms with Crippen molar-refractivity contribution in [1.29, 1.82) is 5.26 Å². The average Bonchev–Trinajstić information content (AvgIpc) is 2.44. The molecule has 1 aromatic carbocycles. The fraction of sp³-hybridized carbons (Fsp3) is 0.357. The Labute approximate surface area is 111 Å². The molecular weight excluding hydrogens is 242 g/mol. The van der Waals surface area contributed by atoms with Crippen LogP contribution in [0.4, 0.5) is 10.5 Å². The quantitative estimate of drug-likeness (QED) is 0.881. The zero-order chi connectivity index (χ0) is 14.0. The van der Waals surface area contributed by atoms with Gasteiger partial charge in [-0.3, -0.25) is 4.79 Å². The molecule has 1 atom stereocenters. The minimum atomic E-state index is -0.582. The Bertz CT molecular complexity index is 559. The number of imide groups is 1. The zero-order valence-electron chi connectivity index (χ0n) is 10.9. The molecule has 5 nitrogen and oxygen atoms in total. The number of nitriles is 1. The van der Waals surface area contributed by atoms with Crippen molar-refractivity contribution in [3.63, 3.8) is 0 Å². The molecule has 0 saturated carbocycles. The highest BCUT2D eigenvalue weighted by Gasteiger charge is 2.43. The van der Waals surface area contributed by atoms with Crippen molar-refractivity contribution in [2.24, 2.45) is 5.41 Å². The van der Waals surface area contributed by atoms with E-state index in [0.29, 0.717) is 24.2 Å². The normalized spacial score (nSPS) is 22.9. The second-order valence-electron chi connectivity index (χ2n) is 4.87. The number of nitrogens with zero attached hydrogens (tertiary/aromatic N) is 2. The lowest BCUT2D eigenvalue weighted by molar-refractivity contribution is -0.127. The first-order valence-corrected chi connectivity index (χ1v) is 6.14. The lowest BCUT2D eigenvalue weighted by Crippen LogP contribution is -2.59. The number of hydrogen-bond acceptors (Lipinski definition) is 3. The van der Waals surface area contributed by atoms with E-state index in [1.165, 1.54) is 0 Å². The van der Waals surface area contributed by atoms with Crippen molar-refractivity contribution in [1.82, 2.24) is 5.32 Å². The molecule has 0 radical (unpaired) electrons. The summed E-state index contributed by atoms with van der Waals surface area (Å²) in [5.41, 5.74) is 0.398. The fourth-order valence-electron chi connectivity index (χ4n) is 1.98. The number of urea groups is 1. The fourth-order valence-corrected chi connectivity index (χ4v) is 1.98. The van der Waals surface area contributed by atoms with Crippen molar-refractivity contribution < 1.29 is 9.59 Å². The topological polar surface area (TPSA) is 73.2 Å². The Kier molecular flexibility index (Phi) is 3.26. The van der Waals surface area contributed by atoms with Crippen LogP contribution in [0.5, 0.6) is 0 Å². The second-order valence-corrected chi connectivity index (χ2v) is 4.87. The van der Waals surface area contributed by atoms with E-state index in [1.807, 2.05) is 19.9 Å². The lowest BCUT2D eigenvalue weighted by atomic mass is 9.84. The highest BCUT2D eigenvalue weighted by Crippen LogP contribution is 2.30. The first kappa shape index (κ1) is 13.1. The van der Waals surface area contributed by atoms with Crippen LogP contribution < -0.4 is 10.2 Å². The summed E-state index contributed by atoms with van der Waals surface area (Å²) in [5.74, 6) is -0.205. The Morgan fingerprint density at radius 2 is 2.00 bits per heavy atom. The van der Waals surface area contributed by atoms with Crippen LogP contribution in [-0.4, -0.2) is 18.5 Å². The third-order valence-corrected chi connectivity index (χ3v) is 3.59. The third-order valence-electron chi connectivity index (χ3n) is 3.59. The van der Waals surface area contributed by atoms with Gasteiger partial charge in [0.05, 0.1) is 22.7 Å². The van der Waals surface area contributed by atoms with Gasteiger partial charge in [-0.25, -0.2) is 9.69 Å². The number of anilines is 1. The van der Waals surface area contributed by atoms with Gasteiger partial charge in [0, 0.05) is 6.54 Å². The van der Waals surface area contributed by atoms with Gasteiger partial charge in [0.2, 0.25) is 5.91 Å². The van der Waals surface area contributed by atoms with Crippen molar-refractivity contribution in [2.75, 3.05) is 11.4 Å². The molecule has 1 aliphatic rings. The standard InChI is InChI=1S/C14H15N3O2/c1-3-14(2)9-16-13(19)17(12(14)18)11-6-4-10(8-15)5-7-11/h4-7H,3,9H2,1-2H3,(H,16,19). The van der Waals surface area contributed by atoms with Gasteiger partial charge in [0.15, 0.2) is 0 Å². The summed E-state index contributed by atoms with van der Waals surface area (Å²) in [7, 11) is 0. The van der Waals surface area contributed by atoms with Crippen LogP contribution in [0.15, 0.2) is 24.3 Å². The molecule has 2 rings (SSSR count). The van der Waals surface area contributed by atoms with Gasteiger partial charge in [0.1, 0.15) is 0 Å². The molecule has 19 heavy (non-hydrogen) atoms. The number of rotatable bonds is 2. The maximum absolute atomic E-state index is 12.4. The number of hydrogen-bond donors (Lipinski definition) is 1. The largest absolute Gasteiger partial charge is 0.336 e. The van der Waals surface area contributed by atoms with Crippen LogP contribution >= 0.6 is 0 Å². The molecule has 1 heterocycles. The van der Waals surface area contributed by atoms with Gasteiger partial charge in [-0.05, 0) is 37.6 Å². The predicted molar refractivity (Wildman–Crippen MR) is 70.4 cm³/mol. The Morgan fingerprint density at radius 3 is 2.53 bits per heavy atom. The molecule has 1 fully saturated rings. The smallest absolute Gasteiger partial charge is 0.328 e. The molecule has 98 valence electrons. The van der Waals surface area contributed by atoms with E-state index in [2.05, 4.69) is 5.32 Å². The zero-order valence-corrected chi connectivity index (χ0v) is 10.9. The van der Waals surface area contributed by atoms with E-state index < -0.39 is 11.4 Å². The molecule has 1 unspecified atom stereocenters. The number of nitrogens with one attached hydrogen (secondary N) is 1. The molecule has 1 aromatic rings. The summed E-state index contributed by atoms with van der Waals surface area (Å²) in [6.45, 7) is 4.12. The second kappa shape index (κ2) is 4.73. The van der Waals surface area contributed by atoms with Gasteiger partial charge in [0.25, 0.3) is 0 Å². The third kappa shape index (κ3) is 2.17. The van der Waals surface area contributed by atoms with Gasteiger partial charge in [-0.15, -0.1) is 0 Å². The summed E-state index contributed by atoms with van der Waals surface area (Å²) in [4.78, 5) is 25.5. The molecule has 1 saturated heterocycles. The van der Waals surface area contributed by atoms with Crippen molar-refractivity contribution in [3.8, 4) is 6.07 Å². The molecule has 0 spiro atoms. The Balaban J connectivity index is 2.38. The van der Waals surface area contributed by atoms with Crippen LogP contribution in [0, 0.1) is 16.7 Å². The van der Waals surface area contributed by atoms with Crippen molar-refractivity contribution in [3.05, 3.63) is 29.8 Å². The summed E-state index contributed by atoms with van der Waals surface area (Å²) in [5, 5.41) is 11.5. The van der Waals surface area contributed by atoms with Crippen LogP contribution in [0.3, 0.4) is 0 Å². The van der Waals surface area contributed by atoms with Crippen LogP contribution in [-0.2, 0) is 4.79 Å². The van der Waals surface area contributed by atoms with Crippen LogP contribution in [0.2, 0.25) is 0 Å². The van der Waals surface area contributed by atoms with Gasteiger partial charge < -0.3 is 5.32 Å². The molecule has 3 amide bonds. The SMILES string of the molecule is CCC1(C)CNC(=O)N(c2ccc(C#N)cc2)C1=O. The maximum Gasteiger partial charge on any atom is 0.328 e. The molecule has 0 bridgehead atoms. The van der Waals surface area contributed by atoms with Crippen LogP contribution in [0.25, 0.3) is 0 Å². The molecule has 0 aliphatic carbocycles. The minimum absolute atomic E-state index is 0.205. The van der Waals surface area contributed by atoms with E-state index in [0.717, 1.165) is 4.90 Å². The number of carbonyl (C=O) groups is 2. The maximum atomic E-state index is 12.4. The number of benzene rings is 1. The van der Waals surface area contributed by atoms with Crippen LogP contribution in [0.1, 0.15) is 25.8 Å². The Hall–Kier alpha value is -2.35. The summed E-state index contributed by atoms with van der Waals surface area (Å²) < 4.78 is 0. The molecule has 5 heteroatoms. The molecule has 0 aromatic heterocycles. The van der Waals surface area contributed by atoms with Gasteiger partial charge in [-0.2, -0.15) is 5.26 Å². The van der Waals surface area contributed by atoms with E-state index in [1.54, 1.807) is 24.3 Å². The van der Waals surface area contributed by atoms with E-state index in [4.69, 9.17) is 5.26 Å². The van der Waals surface area contributed by atoms with Gasteiger partial charge in [-0.1, -0.05) is 6.92 Å². The molecule has 1 N–H and O–H groups in total. The minimum Gasteiger partial charge on any atom is -0.336 e. The summed E-state index contributed by atoms with van der Waals surface area (Å²) in [6, 6.07) is 7.99. The summed E-state index contributed by atoms with van der Waals surface area (Å²) >= 11 is 0. The Morgan fingerprint density at radius 1 is 1.37 bits per heavy atom. The van der Waals surface area contributed by atoms with E-state index in [9.17, 15) is 9.59 Å². The molecular formula is C14H15N3O2. The summed E-state index contributed by atoms with van der Waals surface area (Å²) in [6.07, 6.45) is 0.652. The predicted octanol–water partition coefficient (Wildman–Crippen LogP) is 2.03. The van der Waals surface area contributed by atoms with Crippen molar-refractivity contribution in [2.45, 2.75) is 20.3 Å². The first-order valence-electron chi connectivity index (χ1n) is 6.14.